The molecule has 0 saturated carbocycles. The number of nitrogens with one attached hydrogen (secondary N) is 1. The van der Waals surface area contributed by atoms with E-state index in [1.165, 1.54) is 11.1 Å². The van der Waals surface area contributed by atoms with Gasteiger partial charge in [-0.1, -0.05) is 36.4 Å². The summed E-state index contributed by atoms with van der Waals surface area (Å²) in [6, 6.07) is 17.1. The van der Waals surface area contributed by atoms with Crippen molar-refractivity contribution >= 4 is 0 Å². The molecule has 1 N–H and O–H groups in total. The fourth-order valence-corrected chi connectivity index (χ4v) is 3.22. The number of fused-ring (bicyclic) bond motifs is 2. The lowest BCUT2D eigenvalue weighted by molar-refractivity contribution is 0.188. The topological polar surface area (TPSA) is 24.5 Å². The van der Waals surface area contributed by atoms with Crippen molar-refractivity contribution in [2.45, 2.75) is 6.04 Å². The molecule has 102 valence electrons. The number of nitrogens with zero attached hydrogens (tertiary/aromatic N) is 1. The van der Waals surface area contributed by atoms with Gasteiger partial charge in [0, 0.05) is 37.3 Å². The summed E-state index contributed by atoms with van der Waals surface area (Å²) in [5.74, 6) is 1.99. The van der Waals surface area contributed by atoms with E-state index in [9.17, 15) is 0 Å². The lowest BCUT2D eigenvalue weighted by Gasteiger charge is -2.38. The van der Waals surface area contributed by atoms with Crippen LogP contribution in [0.5, 0.6) is 11.5 Å². The molecule has 0 atom stereocenters. The summed E-state index contributed by atoms with van der Waals surface area (Å²) >= 11 is 0. The number of para-hydroxylation sites is 2. The Morgan fingerprint density at radius 2 is 1.40 bits per heavy atom. The summed E-state index contributed by atoms with van der Waals surface area (Å²) in [7, 11) is 0. The summed E-state index contributed by atoms with van der Waals surface area (Å²) < 4.78 is 6.06. The van der Waals surface area contributed by atoms with Crippen molar-refractivity contribution in [3.05, 3.63) is 59.7 Å². The normalized spacial score (nSPS) is 19.0. The highest BCUT2D eigenvalue weighted by Gasteiger charge is 2.31. The van der Waals surface area contributed by atoms with Crippen molar-refractivity contribution in [1.29, 1.82) is 0 Å². The molecule has 0 unspecified atom stereocenters. The van der Waals surface area contributed by atoms with E-state index in [0.717, 1.165) is 37.7 Å². The molecule has 4 rings (SSSR count). The first-order valence-electron chi connectivity index (χ1n) is 7.24. The first kappa shape index (κ1) is 11.9. The van der Waals surface area contributed by atoms with Crippen molar-refractivity contribution < 1.29 is 4.74 Å². The quantitative estimate of drug-likeness (QED) is 0.859. The maximum atomic E-state index is 6.06. The molecule has 2 heterocycles. The molecule has 1 fully saturated rings. The number of piperazine rings is 1. The maximum Gasteiger partial charge on any atom is 0.132 e. The lowest BCUT2D eigenvalue weighted by Crippen LogP contribution is -2.45. The first-order chi connectivity index (χ1) is 9.93. The van der Waals surface area contributed by atoms with Gasteiger partial charge in [0.05, 0.1) is 6.04 Å². The molecule has 2 aromatic rings. The average molecular weight is 266 g/mol. The van der Waals surface area contributed by atoms with Crippen molar-refractivity contribution in [2.24, 2.45) is 0 Å². The third-order valence-corrected chi connectivity index (χ3v) is 4.16. The van der Waals surface area contributed by atoms with Gasteiger partial charge in [0.15, 0.2) is 0 Å². The third-order valence-electron chi connectivity index (χ3n) is 4.16. The number of hydrogen-bond donors (Lipinski definition) is 1. The van der Waals surface area contributed by atoms with Crippen LogP contribution in [-0.2, 0) is 0 Å². The Morgan fingerprint density at radius 3 is 2.00 bits per heavy atom. The van der Waals surface area contributed by atoms with Gasteiger partial charge < -0.3 is 10.1 Å². The van der Waals surface area contributed by atoms with Crippen LogP contribution in [0.25, 0.3) is 0 Å². The molecule has 2 aliphatic rings. The van der Waals surface area contributed by atoms with Crippen LogP contribution in [0.15, 0.2) is 48.5 Å². The van der Waals surface area contributed by atoms with Crippen molar-refractivity contribution in [1.82, 2.24) is 10.2 Å². The number of rotatable bonds is 1. The van der Waals surface area contributed by atoms with Crippen LogP contribution >= 0.6 is 0 Å². The van der Waals surface area contributed by atoms with E-state index in [4.69, 9.17) is 4.74 Å². The standard InChI is InChI=1S/C17H18N2O/c1-3-7-15-13(5-1)17(19-11-9-18-10-12-19)14-6-2-4-8-16(14)20-15/h1-8,17-18H,9-12H2. The Kier molecular flexibility index (Phi) is 2.94. The fraction of sp³-hybridized carbons (Fsp3) is 0.294. The molecule has 0 aliphatic carbocycles. The van der Waals surface area contributed by atoms with Crippen LogP contribution in [0.3, 0.4) is 0 Å². The Balaban J connectivity index is 1.83. The van der Waals surface area contributed by atoms with Gasteiger partial charge >= 0.3 is 0 Å². The van der Waals surface area contributed by atoms with E-state index in [1.54, 1.807) is 0 Å². The third kappa shape index (κ3) is 1.90. The SMILES string of the molecule is c1ccc2c(c1)Oc1ccccc1C2N1CCNCC1. The Hall–Kier alpha value is -1.84. The second-order valence-electron chi connectivity index (χ2n) is 5.37. The average Bonchev–Trinajstić information content (AvgIpc) is 2.53. The zero-order valence-electron chi connectivity index (χ0n) is 11.4. The molecule has 0 bridgehead atoms. The zero-order chi connectivity index (χ0) is 13.4. The summed E-state index contributed by atoms with van der Waals surface area (Å²) in [6.45, 7) is 4.27. The van der Waals surface area contributed by atoms with Crippen LogP contribution in [-0.4, -0.2) is 31.1 Å². The fourth-order valence-electron chi connectivity index (χ4n) is 3.22. The second-order valence-corrected chi connectivity index (χ2v) is 5.37. The summed E-state index contributed by atoms with van der Waals surface area (Å²) in [5.41, 5.74) is 2.57. The Morgan fingerprint density at radius 1 is 0.850 bits per heavy atom. The summed E-state index contributed by atoms with van der Waals surface area (Å²) in [4.78, 5) is 2.55. The highest BCUT2D eigenvalue weighted by Crippen LogP contribution is 2.45. The van der Waals surface area contributed by atoms with Crippen LogP contribution in [0.2, 0.25) is 0 Å². The Labute approximate surface area is 119 Å². The van der Waals surface area contributed by atoms with Crippen LogP contribution in [0, 0.1) is 0 Å². The van der Waals surface area contributed by atoms with E-state index in [2.05, 4.69) is 46.6 Å². The van der Waals surface area contributed by atoms with Gasteiger partial charge in [-0.05, 0) is 12.1 Å². The smallest absolute Gasteiger partial charge is 0.132 e. The molecule has 0 radical (unpaired) electrons. The van der Waals surface area contributed by atoms with Gasteiger partial charge in [0.25, 0.3) is 0 Å². The van der Waals surface area contributed by atoms with E-state index in [-0.39, 0.29) is 0 Å². The van der Waals surface area contributed by atoms with E-state index in [1.807, 2.05) is 12.1 Å². The molecule has 2 aliphatic heterocycles. The molecular weight excluding hydrogens is 248 g/mol. The largest absolute Gasteiger partial charge is 0.457 e. The Bertz CT molecular complexity index is 574. The molecule has 0 spiro atoms. The first-order valence-corrected chi connectivity index (χ1v) is 7.24. The molecule has 0 aromatic heterocycles. The van der Waals surface area contributed by atoms with E-state index in [0.29, 0.717) is 6.04 Å². The minimum atomic E-state index is 0.318. The highest BCUT2D eigenvalue weighted by atomic mass is 16.5. The lowest BCUT2D eigenvalue weighted by atomic mass is 9.93. The molecule has 3 heteroatoms. The predicted molar refractivity (Wildman–Crippen MR) is 79.2 cm³/mol. The van der Waals surface area contributed by atoms with Crippen molar-refractivity contribution in [3.63, 3.8) is 0 Å². The molecule has 20 heavy (non-hydrogen) atoms. The van der Waals surface area contributed by atoms with Gasteiger partial charge in [0.2, 0.25) is 0 Å². The van der Waals surface area contributed by atoms with Crippen LogP contribution in [0.1, 0.15) is 17.2 Å². The van der Waals surface area contributed by atoms with Crippen molar-refractivity contribution in [3.8, 4) is 11.5 Å². The van der Waals surface area contributed by atoms with E-state index >= 15 is 0 Å². The highest BCUT2D eigenvalue weighted by molar-refractivity contribution is 5.53. The number of hydrogen-bond acceptors (Lipinski definition) is 3. The number of ether oxygens (including phenoxy) is 1. The molecule has 1 saturated heterocycles. The van der Waals surface area contributed by atoms with Crippen LogP contribution < -0.4 is 10.1 Å². The van der Waals surface area contributed by atoms with Gasteiger partial charge in [-0.15, -0.1) is 0 Å². The van der Waals surface area contributed by atoms with E-state index < -0.39 is 0 Å². The molecule has 0 amide bonds. The molecule has 2 aromatic carbocycles. The van der Waals surface area contributed by atoms with Gasteiger partial charge in [0.1, 0.15) is 11.5 Å². The summed E-state index contributed by atoms with van der Waals surface area (Å²) in [5, 5.41) is 3.43. The van der Waals surface area contributed by atoms with Crippen LogP contribution in [0.4, 0.5) is 0 Å². The maximum absolute atomic E-state index is 6.06. The second kappa shape index (κ2) is 4.93. The predicted octanol–water partition coefficient (Wildman–Crippen LogP) is 2.79. The number of benzene rings is 2. The summed E-state index contributed by atoms with van der Waals surface area (Å²) in [6.07, 6.45) is 0. The van der Waals surface area contributed by atoms with Gasteiger partial charge in [-0.3, -0.25) is 4.90 Å². The minimum Gasteiger partial charge on any atom is -0.457 e. The molecule has 3 nitrogen and oxygen atoms in total. The minimum absolute atomic E-state index is 0.318. The van der Waals surface area contributed by atoms with Gasteiger partial charge in [-0.25, -0.2) is 0 Å². The van der Waals surface area contributed by atoms with Gasteiger partial charge in [-0.2, -0.15) is 0 Å². The van der Waals surface area contributed by atoms with Crippen molar-refractivity contribution in [2.75, 3.05) is 26.2 Å². The monoisotopic (exact) mass is 266 g/mol. The molecular formula is C17H18N2O. The zero-order valence-corrected chi connectivity index (χ0v) is 11.4.